The fourth-order valence-electron chi connectivity index (χ4n) is 2.50. The molecule has 4 heteroatoms. The van der Waals surface area contributed by atoms with Crippen molar-refractivity contribution < 1.29 is 14.6 Å². The SMILES string of the molecule is COc1ccc([C@@H](C)N)c(OC2CCCCC2O)c1. The van der Waals surface area contributed by atoms with E-state index in [2.05, 4.69) is 0 Å². The smallest absolute Gasteiger partial charge is 0.128 e. The van der Waals surface area contributed by atoms with Crippen molar-refractivity contribution in [1.82, 2.24) is 0 Å². The summed E-state index contributed by atoms with van der Waals surface area (Å²) in [5.41, 5.74) is 6.91. The lowest BCUT2D eigenvalue weighted by molar-refractivity contribution is 0.00617. The Morgan fingerprint density at radius 2 is 2.05 bits per heavy atom. The van der Waals surface area contributed by atoms with Gasteiger partial charge in [0, 0.05) is 17.7 Å². The third-order valence-electron chi connectivity index (χ3n) is 3.66. The molecule has 1 aromatic carbocycles. The molecule has 0 radical (unpaired) electrons. The van der Waals surface area contributed by atoms with Gasteiger partial charge in [0.2, 0.25) is 0 Å². The zero-order valence-electron chi connectivity index (χ0n) is 11.6. The fraction of sp³-hybridized carbons (Fsp3) is 0.600. The molecule has 106 valence electrons. The van der Waals surface area contributed by atoms with Crippen LogP contribution < -0.4 is 15.2 Å². The summed E-state index contributed by atoms with van der Waals surface area (Å²) in [5, 5.41) is 10.00. The van der Waals surface area contributed by atoms with Gasteiger partial charge in [0.25, 0.3) is 0 Å². The van der Waals surface area contributed by atoms with Crippen molar-refractivity contribution in [2.24, 2.45) is 5.73 Å². The van der Waals surface area contributed by atoms with E-state index < -0.39 is 0 Å². The van der Waals surface area contributed by atoms with E-state index in [9.17, 15) is 5.11 Å². The summed E-state index contributed by atoms with van der Waals surface area (Å²) >= 11 is 0. The van der Waals surface area contributed by atoms with Crippen LogP contribution in [0.1, 0.15) is 44.2 Å². The number of benzene rings is 1. The summed E-state index contributed by atoms with van der Waals surface area (Å²) in [6, 6.07) is 5.54. The molecule has 0 bridgehead atoms. The van der Waals surface area contributed by atoms with Crippen LogP contribution in [0.25, 0.3) is 0 Å². The lowest BCUT2D eigenvalue weighted by Gasteiger charge is -2.29. The van der Waals surface area contributed by atoms with E-state index in [0.29, 0.717) is 0 Å². The third-order valence-corrected chi connectivity index (χ3v) is 3.66. The van der Waals surface area contributed by atoms with E-state index in [1.807, 2.05) is 25.1 Å². The number of ether oxygens (including phenoxy) is 2. The maximum absolute atomic E-state index is 10.00. The third kappa shape index (κ3) is 3.39. The Morgan fingerprint density at radius 3 is 2.68 bits per heavy atom. The number of nitrogens with two attached hydrogens (primary N) is 1. The minimum Gasteiger partial charge on any atom is -0.497 e. The predicted octanol–water partition coefficient (Wildman–Crippen LogP) is 2.40. The van der Waals surface area contributed by atoms with Gasteiger partial charge in [-0.2, -0.15) is 0 Å². The molecule has 1 aliphatic carbocycles. The van der Waals surface area contributed by atoms with Gasteiger partial charge in [-0.3, -0.25) is 0 Å². The van der Waals surface area contributed by atoms with Crippen molar-refractivity contribution in [1.29, 1.82) is 0 Å². The Labute approximate surface area is 114 Å². The number of hydrogen-bond acceptors (Lipinski definition) is 4. The normalized spacial score (nSPS) is 24.8. The van der Waals surface area contributed by atoms with Crippen molar-refractivity contribution in [2.75, 3.05) is 7.11 Å². The quantitative estimate of drug-likeness (QED) is 0.877. The van der Waals surface area contributed by atoms with Crippen molar-refractivity contribution in [3.63, 3.8) is 0 Å². The standard InChI is InChI=1S/C15H23NO3/c1-10(16)12-8-7-11(18-2)9-15(12)19-14-6-4-3-5-13(14)17/h7-10,13-14,17H,3-6,16H2,1-2H3/t10-,13?,14?/m1/s1. The number of hydrogen-bond donors (Lipinski definition) is 2. The van der Waals surface area contributed by atoms with Crippen LogP contribution in [-0.4, -0.2) is 24.4 Å². The van der Waals surface area contributed by atoms with Crippen molar-refractivity contribution >= 4 is 0 Å². The van der Waals surface area contributed by atoms with Gasteiger partial charge >= 0.3 is 0 Å². The van der Waals surface area contributed by atoms with E-state index in [1.165, 1.54) is 0 Å². The molecule has 0 amide bonds. The predicted molar refractivity (Wildman–Crippen MR) is 74.5 cm³/mol. The molecule has 2 rings (SSSR count). The van der Waals surface area contributed by atoms with Crippen LogP contribution in [0.15, 0.2) is 18.2 Å². The molecule has 0 spiro atoms. The highest BCUT2D eigenvalue weighted by atomic mass is 16.5. The maximum atomic E-state index is 10.00. The molecule has 3 atom stereocenters. The molecule has 0 aliphatic heterocycles. The van der Waals surface area contributed by atoms with E-state index in [0.717, 1.165) is 42.7 Å². The largest absolute Gasteiger partial charge is 0.497 e. The Balaban J connectivity index is 2.21. The van der Waals surface area contributed by atoms with Gasteiger partial charge in [-0.1, -0.05) is 12.5 Å². The lowest BCUT2D eigenvalue weighted by atomic mass is 9.94. The van der Waals surface area contributed by atoms with Gasteiger partial charge in [0.05, 0.1) is 13.2 Å². The Bertz CT molecular complexity index is 420. The summed E-state index contributed by atoms with van der Waals surface area (Å²) in [7, 11) is 1.63. The van der Waals surface area contributed by atoms with Crippen LogP contribution in [0.4, 0.5) is 0 Å². The molecule has 0 saturated heterocycles. The van der Waals surface area contributed by atoms with Crippen LogP contribution in [0.3, 0.4) is 0 Å². The second-order valence-electron chi connectivity index (χ2n) is 5.20. The van der Waals surface area contributed by atoms with Gasteiger partial charge in [0.1, 0.15) is 17.6 Å². The van der Waals surface area contributed by atoms with Crippen molar-refractivity contribution in [2.45, 2.75) is 50.9 Å². The molecule has 1 aromatic rings. The van der Waals surface area contributed by atoms with E-state index in [-0.39, 0.29) is 18.2 Å². The van der Waals surface area contributed by atoms with Gasteiger partial charge in [-0.15, -0.1) is 0 Å². The lowest BCUT2D eigenvalue weighted by Crippen LogP contribution is -2.35. The molecule has 0 heterocycles. The van der Waals surface area contributed by atoms with Crippen molar-refractivity contribution in [3.8, 4) is 11.5 Å². The summed E-state index contributed by atoms with van der Waals surface area (Å²) < 4.78 is 11.2. The van der Waals surface area contributed by atoms with E-state index in [1.54, 1.807) is 7.11 Å². The van der Waals surface area contributed by atoms with Crippen LogP contribution in [0, 0.1) is 0 Å². The first-order valence-electron chi connectivity index (χ1n) is 6.90. The molecule has 4 nitrogen and oxygen atoms in total. The Morgan fingerprint density at radius 1 is 1.32 bits per heavy atom. The Hall–Kier alpha value is -1.26. The second-order valence-corrected chi connectivity index (χ2v) is 5.20. The number of aliphatic hydroxyl groups excluding tert-OH is 1. The molecule has 19 heavy (non-hydrogen) atoms. The van der Waals surface area contributed by atoms with Gasteiger partial charge in [-0.05, 0) is 32.3 Å². The molecule has 3 N–H and O–H groups in total. The molecular formula is C15H23NO3. The van der Waals surface area contributed by atoms with Gasteiger partial charge in [-0.25, -0.2) is 0 Å². The van der Waals surface area contributed by atoms with E-state index in [4.69, 9.17) is 15.2 Å². The molecule has 1 fully saturated rings. The molecular weight excluding hydrogens is 242 g/mol. The van der Waals surface area contributed by atoms with E-state index >= 15 is 0 Å². The first kappa shape index (κ1) is 14.2. The zero-order valence-corrected chi connectivity index (χ0v) is 11.6. The topological polar surface area (TPSA) is 64.7 Å². The fourth-order valence-corrected chi connectivity index (χ4v) is 2.50. The van der Waals surface area contributed by atoms with Crippen LogP contribution >= 0.6 is 0 Å². The average molecular weight is 265 g/mol. The Kier molecular flexibility index (Phi) is 4.66. The minimum atomic E-state index is -0.388. The van der Waals surface area contributed by atoms with Crippen LogP contribution in [0.2, 0.25) is 0 Å². The highest BCUT2D eigenvalue weighted by molar-refractivity contribution is 5.42. The zero-order chi connectivity index (χ0) is 13.8. The van der Waals surface area contributed by atoms with Gasteiger partial charge < -0.3 is 20.3 Å². The number of methoxy groups -OCH3 is 1. The van der Waals surface area contributed by atoms with Crippen LogP contribution in [0.5, 0.6) is 11.5 Å². The summed E-state index contributed by atoms with van der Waals surface area (Å²) in [6.45, 7) is 1.92. The first-order valence-corrected chi connectivity index (χ1v) is 6.90. The maximum Gasteiger partial charge on any atom is 0.128 e. The monoisotopic (exact) mass is 265 g/mol. The first-order chi connectivity index (χ1) is 9.11. The highest BCUT2D eigenvalue weighted by Gasteiger charge is 2.25. The van der Waals surface area contributed by atoms with Crippen LogP contribution in [-0.2, 0) is 0 Å². The minimum absolute atomic E-state index is 0.110. The molecule has 1 aliphatic rings. The summed E-state index contributed by atoms with van der Waals surface area (Å²) in [5.74, 6) is 1.46. The van der Waals surface area contributed by atoms with Crippen molar-refractivity contribution in [3.05, 3.63) is 23.8 Å². The average Bonchev–Trinajstić information content (AvgIpc) is 2.41. The highest BCUT2D eigenvalue weighted by Crippen LogP contribution is 2.32. The molecule has 0 aromatic heterocycles. The molecule has 1 saturated carbocycles. The molecule has 2 unspecified atom stereocenters. The number of aliphatic hydroxyl groups is 1. The summed E-state index contributed by atoms with van der Waals surface area (Å²) in [4.78, 5) is 0. The second kappa shape index (κ2) is 6.26. The number of rotatable bonds is 4. The summed E-state index contributed by atoms with van der Waals surface area (Å²) in [6.07, 6.45) is 3.33. The van der Waals surface area contributed by atoms with Gasteiger partial charge in [0.15, 0.2) is 0 Å².